The van der Waals surface area contributed by atoms with Crippen molar-refractivity contribution in [2.75, 3.05) is 20.2 Å². The minimum atomic E-state index is -0.333. The summed E-state index contributed by atoms with van der Waals surface area (Å²) in [5.41, 5.74) is 3.83. The maximum Gasteiger partial charge on any atom is 0.323 e. The molecule has 0 aliphatic carbocycles. The van der Waals surface area contributed by atoms with E-state index in [0.29, 0.717) is 18.5 Å². The lowest BCUT2D eigenvalue weighted by Crippen LogP contribution is -2.38. The van der Waals surface area contributed by atoms with Gasteiger partial charge in [0.15, 0.2) is 0 Å². The number of esters is 1. The zero-order valence-electron chi connectivity index (χ0n) is 18.9. The largest absolute Gasteiger partial charge is 0.468 e. The van der Waals surface area contributed by atoms with Gasteiger partial charge in [0, 0.05) is 18.2 Å². The number of rotatable bonds is 8. The third kappa shape index (κ3) is 5.68. The van der Waals surface area contributed by atoms with Crippen LogP contribution in [-0.2, 0) is 16.0 Å². The normalized spacial score (nSPS) is 18.1. The van der Waals surface area contributed by atoms with E-state index in [9.17, 15) is 9.59 Å². The SMILES string of the molecule is COC(=O)[C@@H]1C[C@@H](NC(=O)c2ccccc2-c2ccccc2)CN1CCCc1ccccc1. The van der Waals surface area contributed by atoms with Crippen LogP contribution in [0.3, 0.4) is 0 Å². The van der Waals surface area contributed by atoms with Crippen LogP contribution in [0.5, 0.6) is 0 Å². The van der Waals surface area contributed by atoms with Gasteiger partial charge in [0.05, 0.1) is 7.11 Å². The van der Waals surface area contributed by atoms with Crippen LogP contribution in [-0.4, -0.2) is 49.1 Å². The number of benzene rings is 3. The summed E-state index contributed by atoms with van der Waals surface area (Å²) in [6.45, 7) is 1.41. The number of amides is 1. The molecule has 0 spiro atoms. The summed E-state index contributed by atoms with van der Waals surface area (Å²) < 4.78 is 5.05. The van der Waals surface area contributed by atoms with E-state index in [4.69, 9.17) is 4.74 Å². The molecule has 5 heteroatoms. The molecule has 1 saturated heterocycles. The highest BCUT2D eigenvalue weighted by Crippen LogP contribution is 2.25. The standard InChI is InChI=1S/C28H30N2O3/c1-33-28(32)26-19-23(20-30(26)18-10-13-21-11-4-2-5-12-21)29-27(31)25-17-9-8-16-24(25)22-14-6-3-7-15-22/h2-9,11-12,14-17,23,26H,10,13,18-20H2,1H3,(H,29,31)/t23-,26+/m1/s1. The molecule has 0 radical (unpaired) electrons. The molecule has 170 valence electrons. The lowest BCUT2D eigenvalue weighted by molar-refractivity contribution is -0.145. The van der Waals surface area contributed by atoms with E-state index in [-0.39, 0.29) is 24.0 Å². The Kier molecular flexibility index (Phi) is 7.53. The first kappa shape index (κ1) is 22.7. The molecule has 4 rings (SSSR count). The van der Waals surface area contributed by atoms with Crippen LogP contribution in [0.4, 0.5) is 0 Å². The van der Waals surface area contributed by atoms with Crippen LogP contribution >= 0.6 is 0 Å². The molecule has 0 saturated carbocycles. The van der Waals surface area contributed by atoms with Gasteiger partial charge in [-0.15, -0.1) is 0 Å². The Morgan fingerprint density at radius 2 is 1.61 bits per heavy atom. The minimum absolute atomic E-state index is 0.109. The Labute approximate surface area is 195 Å². The van der Waals surface area contributed by atoms with Crippen LogP contribution in [0.1, 0.15) is 28.8 Å². The van der Waals surface area contributed by atoms with Crippen LogP contribution in [0.15, 0.2) is 84.9 Å². The van der Waals surface area contributed by atoms with Gasteiger partial charge in [-0.1, -0.05) is 78.9 Å². The van der Waals surface area contributed by atoms with Crippen molar-refractivity contribution in [1.29, 1.82) is 0 Å². The first-order chi connectivity index (χ1) is 16.2. The highest BCUT2D eigenvalue weighted by Gasteiger charge is 2.38. The molecule has 0 bridgehead atoms. The van der Waals surface area contributed by atoms with Crippen molar-refractivity contribution in [2.24, 2.45) is 0 Å². The van der Waals surface area contributed by atoms with Gasteiger partial charge in [-0.2, -0.15) is 0 Å². The topological polar surface area (TPSA) is 58.6 Å². The molecule has 1 heterocycles. The number of carbonyl (C=O) groups is 2. The number of hydrogen-bond donors (Lipinski definition) is 1. The lowest BCUT2D eigenvalue weighted by atomic mass is 9.99. The third-order valence-electron chi connectivity index (χ3n) is 6.22. The molecule has 0 aromatic heterocycles. The summed E-state index contributed by atoms with van der Waals surface area (Å²) in [6, 6.07) is 27.4. The maximum atomic E-state index is 13.2. The molecule has 33 heavy (non-hydrogen) atoms. The third-order valence-corrected chi connectivity index (χ3v) is 6.22. The number of nitrogens with one attached hydrogen (secondary N) is 1. The second kappa shape index (κ2) is 10.9. The molecule has 3 aromatic rings. The number of nitrogens with zero attached hydrogens (tertiary/aromatic N) is 1. The Hall–Kier alpha value is -3.44. The van der Waals surface area contributed by atoms with Crippen LogP contribution < -0.4 is 5.32 Å². The van der Waals surface area contributed by atoms with Gasteiger partial charge in [0.25, 0.3) is 5.91 Å². The van der Waals surface area contributed by atoms with Crippen LogP contribution in [0.25, 0.3) is 11.1 Å². The second-order valence-electron chi connectivity index (χ2n) is 8.44. The van der Waals surface area contributed by atoms with Gasteiger partial charge in [-0.25, -0.2) is 0 Å². The highest BCUT2D eigenvalue weighted by molar-refractivity contribution is 6.01. The van der Waals surface area contributed by atoms with E-state index in [2.05, 4.69) is 22.3 Å². The number of aryl methyl sites for hydroxylation is 1. The van der Waals surface area contributed by atoms with Gasteiger partial charge in [0.1, 0.15) is 6.04 Å². The second-order valence-corrected chi connectivity index (χ2v) is 8.44. The summed E-state index contributed by atoms with van der Waals surface area (Å²) in [4.78, 5) is 27.8. The molecule has 5 nitrogen and oxygen atoms in total. The summed E-state index contributed by atoms with van der Waals surface area (Å²) in [5, 5.41) is 3.16. The smallest absolute Gasteiger partial charge is 0.323 e. The zero-order valence-corrected chi connectivity index (χ0v) is 18.9. The lowest BCUT2D eigenvalue weighted by Gasteiger charge is -2.22. The number of likely N-dealkylation sites (tertiary alicyclic amines) is 1. The molecule has 1 aliphatic heterocycles. The van der Waals surface area contributed by atoms with E-state index >= 15 is 0 Å². The number of carbonyl (C=O) groups excluding carboxylic acids is 2. The van der Waals surface area contributed by atoms with Crippen molar-refractivity contribution in [3.8, 4) is 11.1 Å². The van der Waals surface area contributed by atoms with E-state index < -0.39 is 0 Å². The van der Waals surface area contributed by atoms with Crippen molar-refractivity contribution in [2.45, 2.75) is 31.3 Å². The van der Waals surface area contributed by atoms with Crippen LogP contribution in [0, 0.1) is 0 Å². The highest BCUT2D eigenvalue weighted by atomic mass is 16.5. The molecule has 3 aromatic carbocycles. The zero-order chi connectivity index (χ0) is 23.0. The molecular weight excluding hydrogens is 412 g/mol. The fraction of sp³-hybridized carbons (Fsp3) is 0.286. The number of methoxy groups -OCH3 is 1. The van der Waals surface area contributed by atoms with Gasteiger partial charge < -0.3 is 10.1 Å². The Morgan fingerprint density at radius 3 is 2.33 bits per heavy atom. The summed E-state index contributed by atoms with van der Waals surface area (Å²) in [6.07, 6.45) is 2.44. The van der Waals surface area contributed by atoms with E-state index in [1.165, 1.54) is 12.7 Å². The Bertz CT molecular complexity index is 1070. The fourth-order valence-corrected chi connectivity index (χ4v) is 4.58. The molecule has 1 N–H and O–H groups in total. The van der Waals surface area contributed by atoms with Crippen molar-refractivity contribution >= 4 is 11.9 Å². The summed E-state index contributed by atoms with van der Waals surface area (Å²) in [7, 11) is 1.42. The van der Waals surface area contributed by atoms with Crippen molar-refractivity contribution < 1.29 is 14.3 Å². The van der Waals surface area contributed by atoms with E-state index in [1.54, 1.807) is 0 Å². The Balaban J connectivity index is 1.42. The number of hydrogen-bond acceptors (Lipinski definition) is 4. The average molecular weight is 443 g/mol. The molecular formula is C28H30N2O3. The summed E-state index contributed by atoms with van der Waals surface area (Å²) in [5.74, 6) is -0.356. The van der Waals surface area contributed by atoms with Gasteiger partial charge in [-0.3, -0.25) is 14.5 Å². The van der Waals surface area contributed by atoms with Gasteiger partial charge in [-0.05, 0) is 48.6 Å². The Morgan fingerprint density at radius 1 is 0.939 bits per heavy atom. The molecule has 1 amide bonds. The van der Waals surface area contributed by atoms with Gasteiger partial charge in [0.2, 0.25) is 0 Å². The number of ether oxygens (including phenoxy) is 1. The first-order valence-electron chi connectivity index (χ1n) is 11.5. The summed E-state index contributed by atoms with van der Waals surface area (Å²) >= 11 is 0. The minimum Gasteiger partial charge on any atom is -0.468 e. The van der Waals surface area contributed by atoms with Crippen LogP contribution in [0.2, 0.25) is 0 Å². The predicted molar refractivity (Wildman–Crippen MR) is 130 cm³/mol. The monoisotopic (exact) mass is 442 g/mol. The van der Waals surface area contributed by atoms with E-state index in [1.807, 2.05) is 72.8 Å². The average Bonchev–Trinajstić information content (AvgIpc) is 3.27. The van der Waals surface area contributed by atoms with Crippen molar-refractivity contribution in [3.63, 3.8) is 0 Å². The van der Waals surface area contributed by atoms with Gasteiger partial charge >= 0.3 is 5.97 Å². The predicted octanol–water partition coefficient (Wildman–Crippen LogP) is 4.33. The first-order valence-corrected chi connectivity index (χ1v) is 11.5. The molecule has 0 unspecified atom stereocenters. The quantitative estimate of drug-likeness (QED) is 0.528. The fourth-order valence-electron chi connectivity index (χ4n) is 4.58. The maximum absolute atomic E-state index is 13.2. The molecule has 1 fully saturated rings. The van der Waals surface area contributed by atoms with Crippen molar-refractivity contribution in [1.82, 2.24) is 10.2 Å². The van der Waals surface area contributed by atoms with E-state index in [0.717, 1.165) is 30.5 Å². The molecule has 2 atom stereocenters. The molecule has 1 aliphatic rings. The van der Waals surface area contributed by atoms with Crippen molar-refractivity contribution in [3.05, 3.63) is 96.1 Å².